The maximum absolute atomic E-state index is 13.9. The third-order valence-corrected chi connectivity index (χ3v) is 3.35. The Hall–Kier alpha value is -2.05. The first kappa shape index (κ1) is 15.3. The third kappa shape index (κ3) is 3.17. The number of benzene rings is 1. The Morgan fingerprint density at radius 3 is 2.67 bits per heavy atom. The van der Waals surface area contributed by atoms with Crippen molar-refractivity contribution in [1.82, 2.24) is 15.6 Å². The highest BCUT2D eigenvalue weighted by molar-refractivity contribution is 5.38. The van der Waals surface area contributed by atoms with Crippen molar-refractivity contribution in [2.75, 3.05) is 7.11 Å². The lowest BCUT2D eigenvalue weighted by Gasteiger charge is -2.20. The molecular formula is C15H19FN4O. The van der Waals surface area contributed by atoms with Gasteiger partial charge >= 0.3 is 0 Å². The SMILES string of the molecule is CCc1nnc(C)cc1C(NN)c1ccc(OC)c(F)c1. The molecule has 0 bridgehead atoms. The minimum atomic E-state index is -0.424. The van der Waals surface area contributed by atoms with Gasteiger partial charge in [0.2, 0.25) is 0 Å². The Labute approximate surface area is 123 Å². The summed E-state index contributed by atoms with van der Waals surface area (Å²) in [6.07, 6.45) is 0.722. The first-order chi connectivity index (χ1) is 10.1. The Morgan fingerprint density at radius 1 is 1.33 bits per heavy atom. The number of aromatic nitrogens is 2. The number of methoxy groups -OCH3 is 1. The summed E-state index contributed by atoms with van der Waals surface area (Å²) >= 11 is 0. The number of ether oxygens (including phenoxy) is 1. The molecule has 1 aromatic carbocycles. The van der Waals surface area contributed by atoms with E-state index in [9.17, 15) is 4.39 Å². The average Bonchev–Trinajstić information content (AvgIpc) is 2.48. The van der Waals surface area contributed by atoms with Gasteiger partial charge in [0.1, 0.15) is 0 Å². The molecule has 0 saturated heterocycles. The van der Waals surface area contributed by atoms with Gasteiger partial charge in [0.25, 0.3) is 0 Å². The molecule has 21 heavy (non-hydrogen) atoms. The summed E-state index contributed by atoms with van der Waals surface area (Å²) in [4.78, 5) is 0. The predicted molar refractivity (Wildman–Crippen MR) is 78.3 cm³/mol. The fourth-order valence-electron chi connectivity index (χ4n) is 2.29. The number of hydrazine groups is 1. The summed E-state index contributed by atoms with van der Waals surface area (Å²) < 4.78 is 18.8. The molecule has 1 atom stereocenters. The molecule has 1 heterocycles. The second-order valence-electron chi connectivity index (χ2n) is 4.73. The molecule has 2 rings (SSSR count). The van der Waals surface area contributed by atoms with Crippen LogP contribution < -0.4 is 16.0 Å². The number of aryl methyl sites for hydroxylation is 2. The van der Waals surface area contributed by atoms with Crippen molar-refractivity contribution in [3.63, 3.8) is 0 Å². The summed E-state index contributed by atoms with van der Waals surface area (Å²) in [5.74, 6) is 5.46. The van der Waals surface area contributed by atoms with E-state index in [1.807, 2.05) is 19.9 Å². The van der Waals surface area contributed by atoms with Crippen molar-refractivity contribution in [3.05, 3.63) is 52.6 Å². The zero-order chi connectivity index (χ0) is 15.4. The smallest absolute Gasteiger partial charge is 0.165 e. The van der Waals surface area contributed by atoms with E-state index in [4.69, 9.17) is 10.6 Å². The molecule has 2 aromatic rings. The molecule has 6 heteroatoms. The monoisotopic (exact) mass is 290 g/mol. The minimum Gasteiger partial charge on any atom is -0.494 e. The van der Waals surface area contributed by atoms with Gasteiger partial charge in [-0.3, -0.25) is 5.84 Å². The maximum Gasteiger partial charge on any atom is 0.165 e. The van der Waals surface area contributed by atoms with Gasteiger partial charge in [0, 0.05) is 5.56 Å². The molecule has 0 fully saturated rings. The van der Waals surface area contributed by atoms with Gasteiger partial charge in [-0.05, 0) is 37.1 Å². The van der Waals surface area contributed by atoms with Crippen molar-refractivity contribution in [1.29, 1.82) is 0 Å². The van der Waals surface area contributed by atoms with Crippen LogP contribution >= 0.6 is 0 Å². The zero-order valence-electron chi connectivity index (χ0n) is 12.4. The van der Waals surface area contributed by atoms with Crippen LogP contribution in [0.25, 0.3) is 0 Å². The van der Waals surface area contributed by atoms with Gasteiger partial charge in [-0.25, -0.2) is 9.82 Å². The second kappa shape index (κ2) is 6.60. The van der Waals surface area contributed by atoms with Crippen LogP contribution in [0.2, 0.25) is 0 Å². The molecule has 0 aliphatic heterocycles. The van der Waals surface area contributed by atoms with Crippen LogP contribution in [0, 0.1) is 12.7 Å². The summed E-state index contributed by atoms with van der Waals surface area (Å²) in [5, 5.41) is 8.24. The largest absolute Gasteiger partial charge is 0.494 e. The van der Waals surface area contributed by atoms with Crippen molar-refractivity contribution in [2.24, 2.45) is 5.84 Å². The lowest BCUT2D eigenvalue weighted by molar-refractivity contribution is 0.385. The number of halogens is 1. The van der Waals surface area contributed by atoms with Gasteiger partial charge in [0.05, 0.1) is 24.5 Å². The molecule has 1 unspecified atom stereocenters. The summed E-state index contributed by atoms with van der Waals surface area (Å²) in [6, 6.07) is 6.34. The first-order valence-corrected chi connectivity index (χ1v) is 6.73. The van der Waals surface area contributed by atoms with E-state index in [0.29, 0.717) is 5.56 Å². The van der Waals surface area contributed by atoms with Crippen LogP contribution in [-0.4, -0.2) is 17.3 Å². The fourth-order valence-corrected chi connectivity index (χ4v) is 2.29. The van der Waals surface area contributed by atoms with Gasteiger partial charge in [-0.15, -0.1) is 0 Å². The van der Waals surface area contributed by atoms with Crippen LogP contribution in [0.5, 0.6) is 5.75 Å². The number of hydrogen-bond acceptors (Lipinski definition) is 5. The van der Waals surface area contributed by atoms with Gasteiger partial charge in [0.15, 0.2) is 11.6 Å². The van der Waals surface area contributed by atoms with E-state index in [0.717, 1.165) is 23.4 Å². The van der Waals surface area contributed by atoms with Crippen LogP contribution in [-0.2, 0) is 6.42 Å². The molecule has 0 saturated carbocycles. The van der Waals surface area contributed by atoms with Crippen molar-refractivity contribution >= 4 is 0 Å². The minimum absolute atomic E-state index is 0.203. The van der Waals surface area contributed by atoms with Crippen molar-refractivity contribution in [3.8, 4) is 5.75 Å². The maximum atomic E-state index is 13.9. The highest BCUT2D eigenvalue weighted by Crippen LogP contribution is 2.27. The molecule has 0 radical (unpaired) electrons. The Bertz CT molecular complexity index is 633. The molecule has 112 valence electrons. The Kier molecular flexibility index (Phi) is 4.82. The van der Waals surface area contributed by atoms with Gasteiger partial charge in [-0.1, -0.05) is 13.0 Å². The lowest BCUT2D eigenvalue weighted by Crippen LogP contribution is -2.30. The zero-order valence-corrected chi connectivity index (χ0v) is 12.4. The van der Waals surface area contributed by atoms with Gasteiger partial charge in [-0.2, -0.15) is 10.2 Å². The summed E-state index contributed by atoms with van der Waals surface area (Å²) in [7, 11) is 1.43. The van der Waals surface area contributed by atoms with Crippen LogP contribution in [0.1, 0.15) is 35.5 Å². The third-order valence-electron chi connectivity index (χ3n) is 3.35. The lowest BCUT2D eigenvalue weighted by atomic mass is 9.96. The van der Waals surface area contributed by atoms with Gasteiger partial charge < -0.3 is 4.74 Å². The summed E-state index contributed by atoms with van der Waals surface area (Å²) in [5.41, 5.74) is 5.95. The number of nitrogens with two attached hydrogens (primary N) is 1. The van der Waals surface area contributed by atoms with Crippen LogP contribution in [0.3, 0.4) is 0 Å². The number of nitrogens with zero attached hydrogens (tertiary/aromatic N) is 2. The molecular weight excluding hydrogens is 271 g/mol. The molecule has 3 N–H and O–H groups in total. The average molecular weight is 290 g/mol. The van der Waals surface area contributed by atoms with E-state index in [1.165, 1.54) is 13.2 Å². The standard InChI is InChI=1S/C15H19FN4O/c1-4-13-11(7-9(2)19-20-13)15(18-17)10-5-6-14(21-3)12(16)8-10/h5-8,15,18H,4,17H2,1-3H3. The normalized spacial score (nSPS) is 12.2. The Morgan fingerprint density at radius 2 is 2.10 bits per heavy atom. The highest BCUT2D eigenvalue weighted by atomic mass is 19.1. The molecule has 0 amide bonds. The van der Waals surface area contributed by atoms with E-state index in [2.05, 4.69) is 15.6 Å². The molecule has 0 aliphatic rings. The van der Waals surface area contributed by atoms with Crippen molar-refractivity contribution in [2.45, 2.75) is 26.3 Å². The number of rotatable bonds is 5. The van der Waals surface area contributed by atoms with Crippen LogP contribution in [0.15, 0.2) is 24.3 Å². The first-order valence-electron chi connectivity index (χ1n) is 6.73. The number of hydrogen-bond donors (Lipinski definition) is 2. The fraction of sp³-hybridized carbons (Fsp3) is 0.333. The molecule has 1 aromatic heterocycles. The predicted octanol–water partition coefficient (Wildman–Crippen LogP) is 2.05. The second-order valence-corrected chi connectivity index (χ2v) is 4.73. The quantitative estimate of drug-likeness (QED) is 0.651. The number of nitrogens with one attached hydrogen (secondary N) is 1. The molecule has 0 aliphatic carbocycles. The van der Waals surface area contributed by atoms with Crippen LogP contribution in [0.4, 0.5) is 4.39 Å². The Balaban J connectivity index is 2.49. The highest BCUT2D eigenvalue weighted by Gasteiger charge is 2.19. The van der Waals surface area contributed by atoms with Crippen molar-refractivity contribution < 1.29 is 9.13 Å². The molecule has 5 nitrogen and oxygen atoms in total. The summed E-state index contributed by atoms with van der Waals surface area (Å²) in [6.45, 7) is 3.85. The van der Waals surface area contributed by atoms with E-state index in [-0.39, 0.29) is 11.8 Å². The van der Waals surface area contributed by atoms with E-state index < -0.39 is 5.82 Å². The van der Waals surface area contributed by atoms with E-state index >= 15 is 0 Å². The molecule has 0 spiro atoms. The van der Waals surface area contributed by atoms with E-state index in [1.54, 1.807) is 12.1 Å². The topological polar surface area (TPSA) is 73.1 Å².